The Labute approximate surface area is 142 Å². The molecular weight excluding hydrogens is 296 g/mol. The Morgan fingerprint density at radius 1 is 1.18 bits per heavy atom. The summed E-state index contributed by atoms with van der Waals surface area (Å²) < 4.78 is 0. The maximum absolute atomic E-state index is 12.4. The van der Waals surface area contributed by atoms with E-state index in [4.69, 9.17) is 0 Å². The van der Waals surface area contributed by atoms with Gasteiger partial charge in [-0.3, -0.25) is 4.79 Å². The second-order valence-electron chi connectivity index (χ2n) is 7.98. The van der Waals surface area contributed by atoms with Gasteiger partial charge in [0.25, 0.3) is 0 Å². The average Bonchev–Trinajstić information content (AvgIpc) is 2.48. The predicted molar refractivity (Wildman–Crippen MR) is 95.4 cm³/mol. The topological polar surface area (TPSA) is 41.1 Å². The summed E-state index contributed by atoms with van der Waals surface area (Å²) in [5.41, 5.74) is 0.458. The van der Waals surface area contributed by atoms with Crippen LogP contribution in [-0.4, -0.2) is 24.5 Å². The highest BCUT2D eigenvalue weighted by Crippen LogP contribution is 2.40. The number of amides is 1. The summed E-state index contributed by atoms with van der Waals surface area (Å²) in [5.74, 6) is 1.36. The minimum atomic E-state index is 0. The number of carbonyl (C=O) groups excluding carboxylic acids is 1. The van der Waals surface area contributed by atoms with Crippen molar-refractivity contribution in [3.63, 3.8) is 0 Å². The first-order valence-corrected chi connectivity index (χ1v) is 8.96. The first kappa shape index (κ1) is 19.8. The molecule has 1 aliphatic heterocycles. The Bertz CT molecular complexity index is 351. The van der Waals surface area contributed by atoms with E-state index in [1.807, 2.05) is 0 Å². The molecule has 3 nitrogen and oxygen atoms in total. The van der Waals surface area contributed by atoms with Crippen LogP contribution in [0.5, 0.6) is 0 Å². The van der Waals surface area contributed by atoms with Crippen molar-refractivity contribution in [3.05, 3.63) is 0 Å². The van der Waals surface area contributed by atoms with Crippen LogP contribution in [0.2, 0.25) is 0 Å². The zero-order valence-electron chi connectivity index (χ0n) is 14.8. The van der Waals surface area contributed by atoms with Crippen LogP contribution >= 0.6 is 12.4 Å². The third kappa shape index (κ3) is 5.13. The standard InChI is InChI=1S/C18H34N2O.ClH/c1-5-18(3,4)15-6-8-16(9-7-15)20-17(21)14-10-11-19-13(2)12-14;/h13-16,19H,5-12H2,1-4H3,(H,20,21);1H/t13-,14-,15?,16?;/m0./s1. The quantitative estimate of drug-likeness (QED) is 0.820. The molecular formula is C18H35ClN2O. The van der Waals surface area contributed by atoms with E-state index in [9.17, 15) is 4.79 Å². The molecule has 0 bridgehead atoms. The van der Waals surface area contributed by atoms with Crippen LogP contribution in [-0.2, 0) is 4.79 Å². The van der Waals surface area contributed by atoms with Crippen molar-refractivity contribution in [2.75, 3.05) is 6.54 Å². The van der Waals surface area contributed by atoms with E-state index in [1.54, 1.807) is 0 Å². The lowest BCUT2D eigenvalue weighted by molar-refractivity contribution is -0.127. The van der Waals surface area contributed by atoms with Crippen molar-refractivity contribution in [1.29, 1.82) is 0 Å². The van der Waals surface area contributed by atoms with E-state index < -0.39 is 0 Å². The fourth-order valence-electron chi connectivity index (χ4n) is 4.00. The lowest BCUT2D eigenvalue weighted by Crippen LogP contribution is -2.46. The highest BCUT2D eigenvalue weighted by Gasteiger charge is 2.33. The van der Waals surface area contributed by atoms with Crippen molar-refractivity contribution in [1.82, 2.24) is 10.6 Å². The molecule has 0 aromatic heterocycles. The molecule has 2 N–H and O–H groups in total. The smallest absolute Gasteiger partial charge is 0.223 e. The summed E-state index contributed by atoms with van der Waals surface area (Å²) in [6, 6.07) is 0.905. The van der Waals surface area contributed by atoms with Crippen molar-refractivity contribution < 1.29 is 4.79 Å². The van der Waals surface area contributed by atoms with Crippen LogP contribution in [0, 0.1) is 17.3 Å². The highest BCUT2D eigenvalue weighted by atomic mass is 35.5. The molecule has 130 valence electrons. The molecule has 0 spiro atoms. The van der Waals surface area contributed by atoms with Gasteiger partial charge in [0.15, 0.2) is 0 Å². The molecule has 2 atom stereocenters. The largest absolute Gasteiger partial charge is 0.353 e. The van der Waals surface area contributed by atoms with E-state index >= 15 is 0 Å². The summed E-state index contributed by atoms with van der Waals surface area (Å²) in [5, 5.41) is 6.75. The lowest BCUT2D eigenvalue weighted by atomic mass is 9.69. The Kier molecular flexibility index (Phi) is 7.67. The van der Waals surface area contributed by atoms with Crippen LogP contribution < -0.4 is 10.6 Å². The number of rotatable bonds is 4. The second-order valence-corrected chi connectivity index (χ2v) is 7.98. The molecule has 0 radical (unpaired) electrons. The van der Waals surface area contributed by atoms with Gasteiger partial charge in [-0.25, -0.2) is 0 Å². The normalized spacial score (nSPS) is 32.9. The molecule has 0 aromatic carbocycles. The van der Waals surface area contributed by atoms with E-state index in [-0.39, 0.29) is 18.3 Å². The fourth-order valence-corrected chi connectivity index (χ4v) is 4.00. The van der Waals surface area contributed by atoms with Gasteiger partial charge < -0.3 is 10.6 Å². The molecule has 2 fully saturated rings. The molecule has 1 saturated heterocycles. The molecule has 1 amide bonds. The zero-order chi connectivity index (χ0) is 15.5. The minimum absolute atomic E-state index is 0. The van der Waals surface area contributed by atoms with Crippen LogP contribution in [0.25, 0.3) is 0 Å². The molecule has 1 saturated carbocycles. The van der Waals surface area contributed by atoms with E-state index in [1.165, 1.54) is 32.1 Å². The number of halogens is 1. The molecule has 1 heterocycles. The van der Waals surface area contributed by atoms with Crippen molar-refractivity contribution in [3.8, 4) is 0 Å². The number of nitrogens with one attached hydrogen (secondary N) is 2. The molecule has 2 rings (SSSR count). The molecule has 22 heavy (non-hydrogen) atoms. The first-order chi connectivity index (χ1) is 9.92. The Balaban J connectivity index is 0.00000242. The summed E-state index contributed by atoms with van der Waals surface area (Å²) in [6.45, 7) is 10.3. The Morgan fingerprint density at radius 3 is 2.36 bits per heavy atom. The van der Waals surface area contributed by atoms with Crippen LogP contribution in [0.15, 0.2) is 0 Å². The number of piperidine rings is 1. The summed E-state index contributed by atoms with van der Waals surface area (Å²) in [7, 11) is 0. The SMILES string of the molecule is CCC(C)(C)C1CCC(NC(=O)[C@H]2CCN[C@@H](C)C2)CC1.Cl. The monoisotopic (exact) mass is 330 g/mol. The van der Waals surface area contributed by atoms with E-state index in [0.717, 1.165) is 25.3 Å². The number of hydrogen-bond donors (Lipinski definition) is 2. The van der Waals surface area contributed by atoms with Gasteiger partial charge in [-0.05, 0) is 63.3 Å². The van der Waals surface area contributed by atoms with Gasteiger partial charge in [0.1, 0.15) is 0 Å². The molecule has 0 unspecified atom stereocenters. The second kappa shape index (κ2) is 8.54. The maximum atomic E-state index is 12.4. The first-order valence-electron chi connectivity index (χ1n) is 8.96. The summed E-state index contributed by atoms with van der Waals surface area (Å²) in [6.07, 6.45) is 8.11. The third-order valence-electron chi connectivity index (χ3n) is 6.08. The van der Waals surface area contributed by atoms with Gasteiger partial charge in [-0.2, -0.15) is 0 Å². The minimum Gasteiger partial charge on any atom is -0.353 e. The zero-order valence-corrected chi connectivity index (χ0v) is 15.6. The van der Waals surface area contributed by atoms with E-state index in [0.29, 0.717) is 23.4 Å². The van der Waals surface area contributed by atoms with Gasteiger partial charge in [0.05, 0.1) is 0 Å². The van der Waals surface area contributed by atoms with Gasteiger partial charge >= 0.3 is 0 Å². The van der Waals surface area contributed by atoms with Gasteiger partial charge in [0, 0.05) is 18.0 Å². The van der Waals surface area contributed by atoms with Gasteiger partial charge in [-0.15, -0.1) is 12.4 Å². The van der Waals surface area contributed by atoms with Crippen LogP contribution in [0.3, 0.4) is 0 Å². The number of hydrogen-bond acceptors (Lipinski definition) is 2. The fraction of sp³-hybridized carbons (Fsp3) is 0.944. The van der Waals surface area contributed by atoms with Crippen molar-refractivity contribution in [2.24, 2.45) is 17.3 Å². The Morgan fingerprint density at radius 2 is 1.82 bits per heavy atom. The molecule has 1 aliphatic carbocycles. The molecule has 4 heteroatoms. The van der Waals surface area contributed by atoms with Crippen molar-refractivity contribution >= 4 is 18.3 Å². The highest BCUT2D eigenvalue weighted by molar-refractivity contribution is 5.85. The van der Waals surface area contributed by atoms with Gasteiger partial charge in [-0.1, -0.05) is 27.2 Å². The maximum Gasteiger partial charge on any atom is 0.223 e. The number of carbonyl (C=O) groups is 1. The molecule has 2 aliphatic rings. The summed E-state index contributed by atoms with van der Waals surface area (Å²) >= 11 is 0. The van der Waals surface area contributed by atoms with Crippen LogP contribution in [0.4, 0.5) is 0 Å². The lowest BCUT2D eigenvalue weighted by Gasteiger charge is -2.39. The van der Waals surface area contributed by atoms with Gasteiger partial charge in [0.2, 0.25) is 5.91 Å². The average molecular weight is 331 g/mol. The third-order valence-corrected chi connectivity index (χ3v) is 6.08. The Hall–Kier alpha value is -0.280. The van der Waals surface area contributed by atoms with Crippen LogP contribution in [0.1, 0.15) is 72.6 Å². The summed E-state index contributed by atoms with van der Waals surface area (Å²) in [4.78, 5) is 12.4. The molecule has 0 aromatic rings. The van der Waals surface area contributed by atoms with Crippen molar-refractivity contribution in [2.45, 2.75) is 84.7 Å². The van der Waals surface area contributed by atoms with E-state index in [2.05, 4.69) is 38.3 Å². The predicted octanol–water partition coefficient (Wildman–Crippen LogP) is 3.91.